The number of hydrogen-bond donors (Lipinski definition) is 1. The van der Waals surface area contributed by atoms with E-state index in [0.29, 0.717) is 36.9 Å². The molecule has 0 aliphatic carbocycles. The number of halogens is 1. The maximum absolute atomic E-state index is 12.5. The molecule has 1 N–H and O–H groups in total. The highest BCUT2D eigenvalue weighted by Gasteiger charge is 2.23. The molecule has 7 nitrogen and oxygen atoms in total. The molecule has 0 unspecified atom stereocenters. The van der Waals surface area contributed by atoms with Crippen LogP contribution in [0.5, 0.6) is 11.5 Å². The second-order valence-corrected chi connectivity index (χ2v) is 6.67. The predicted molar refractivity (Wildman–Crippen MR) is 81.2 cm³/mol. The predicted octanol–water partition coefficient (Wildman–Crippen LogP) is 2.13. The average Bonchev–Trinajstić information content (AvgIpc) is 2.93. The number of sulfonamides is 1. The molecule has 3 rings (SSSR count). The van der Waals surface area contributed by atoms with E-state index in [1.54, 1.807) is 10.9 Å². The zero-order valence-corrected chi connectivity index (χ0v) is 13.3. The molecule has 0 fully saturated rings. The van der Waals surface area contributed by atoms with E-state index in [0.717, 1.165) is 0 Å². The monoisotopic (exact) mass is 343 g/mol. The van der Waals surface area contributed by atoms with Crippen molar-refractivity contribution in [3.8, 4) is 11.5 Å². The van der Waals surface area contributed by atoms with Gasteiger partial charge in [0.1, 0.15) is 18.1 Å². The largest absolute Gasteiger partial charge is 0.486 e. The van der Waals surface area contributed by atoms with Gasteiger partial charge in [0, 0.05) is 24.9 Å². The SMILES string of the molecule is CCn1cc(NS(=O)(=O)c2cc3c(cc2Cl)OCCO3)cn1. The van der Waals surface area contributed by atoms with E-state index < -0.39 is 10.0 Å². The lowest BCUT2D eigenvalue weighted by atomic mass is 10.3. The number of anilines is 1. The van der Waals surface area contributed by atoms with Crippen LogP contribution in [-0.4, -0.2) is 31.4 Å². The van der Waals surface area contributed by atoms with Crippen LogP contribution in [0.1, 0.15) is 6.92 Å². The number of fused-ring (bicyclic) bond motifs is 1. The number of nitrogens with zero attached hydrogens (tertiary/aromatic N) is 2. The van der Waals surface area contributed by atoms with Crippen LogP contribution < -0.4 is 14.2 Å². The lowest BCUT2D eigenvalue weighted by Crippen LogP contribution is -2.17. The highest BCUT2D eigenvalue weighted by atomic mass is 35.5. The van der Waals surface area contributed by atoms with E-state index in [-0.39, 0.29) is 9.92 Å². The van der Waals surface area contributed by atoms with Gasteiger partial charge in [-0.15, -0.1) is 0 Å². The molecular formula is C13H14ClN3O4S. The average molecular weight is 344 g/mol. The van der Waals surface area contributed by atoms with Crippen molar-refractivity contribution in [2.45, 2.75) is 18.4 Å². The van der Waals surface area contributed by atoms with Gasteiger partial charge in [-0.05, 0) is 6.92 Å². The summed E-state index contributed by atoms with van der Waals surface area (Å²) in [7, 11) is -3.84. The summed E-state index contributed by atoms with van der Waals surface area (Å²) in [5.41, 5.74) is 0.368. The number of hydrogen-bond acceptors (Lipinski definition) is 5. The smallest absolute Gasteiger partial charge is 0.263 e. The Morgan fingerprint density at radius 2 is 2.00 bits per heavy atom. The first-order valence-electron chi connectivity index (χ1n) is 6.64. The van der Waals surface area contributed by atoms with Crippen molar-refractivity contribution in [1.82, 2.24) is 9.78 Å². The van der Waals surface area contributed by atoms with Gasteiger partial charge in [0.25, 0.3) is 10.0 Å². The molecule has 1 aromatic carbocycles. The van der Waals surface area contributed by atoms with Gasteiger partial charge in [-0.1, -0.05) is 11.6 Å². The van der Waals surface area contributed by atoms with E-state index in [4.69, 9.17) is 21.1 Å². The summed E-state index contributed by atoms with van der Waals surface area (Å²) in [6, 6.07) is 2.81. The number of rotatable bonds is 4. The maximum atomic E-state index is 12.5. The van der Waals surface area contributed by atoms with Crippen LogP contribution in [0.3, 0.4) is 0 Å². The topological polar surface area (TPSA) is 82.5 Å². The third kappa shape index (κ3) is 2.84. The van der Waals surface area contributed by atoms with Gasteiger partial charge in [0.2, 0.25) is 0 Å². The molecule has 0 saturated heterocycles. The molecule has 2 heterocycles. The fourth-order valence-corrected chi connectivity index (χ4v) is 3.61. The molecule has 118 valence electrons. The summed E-state index contributed by atoms with van der Waals surface area (Å²) in [5.74, 6) is 0.800. The van der Waals surface area contributed by atoms with Crippen LogP contribution in [0.15, 0.2) is 29.4 Å². The van der Waals surface area contributed by atoms with Gasteiger partial charge in [0.05, 0.1) is 16.9 Å². The Kier molecular flexibility index (Phi) is 3.88. The summed E-state index contributed by atoms with van der Waals surface area (Å²) in [6.45, 7) is 3.32. The van der Waals surface area contributed by atoms with Gasteiger partial charge in [-0.2, -0.15) is 5.10 Å². The minimum atomic E-state index is -3.84. The van der Waals surface area contributed by atoms with Crippen molar-refractivity contribution >= 4 is 27.3 Å². The summed E-state index contributed by atoms with van der Waals surface area (Å²) >= 11 is 6.07. The number of benzene rings is 1. The fourth-order valence-electron chi connectivity index (χ4n) is 2.05. The standard InChI is InChI=1S/C13H14ClN3O4S/c1-2-17-8-9(7-15-17)16-22(18,19)13-6-12-11(5-10(13)14)20-3-4-21-12/h5-8,16H,2-4H2,1H3. The fraction of sp³-hybridized carbons (Fsp3) is 0.308. The van der Waals surface area contributed by atoms with Crippen LogP contribution in [0, 0.1) is 0 Å². The molecule has 1 aromatic heterocycles. The molecule has 0 amide bonds. The molecule has 0 atom stereocenters. The van der Waals surface area contributed by atoms with E-state index >= 15 is 0 Å². The minimum Gasteiger partial charge on any atom is -0.486 e. The Labute approximate surface area is 132 Å². The lowest BCUT2D eigenvalue weighted by molar-refractivity contribution is 0.171. The van der Waals surface area contributed by atoms with Crippen LogP contribution in [0.25, 0.3) is 0 Å². The molecule has 22 heavy (non-hydrogen) atoms. The molecule has 0 spiro atoms. The Balaban J connectivity index is 1.94. The summed E-state index contributed by atoms with van der Waals surface area (Å²) in [4.78, 5) is -0.0670. The number of nitrogens with one attached hydrogen (secondary N) is 1. The highest BCUT2D eigenvalue weighted by Crippen LogP contribution is 2.37. The zero-order valence-electron chi connectivity index (χ0n) is 11.7. The molecule has 9 heteroatoms. The Morgan fingerprint density at radius 3 is 2.64 bits per heavy atom. The second-order valence-electron chi connectivity index (χ2n) is 4.62. The first-order valence-corrected chi connectivity index (χ1v) is 8.50. The van der Waals surface area contributed by atoms with Gasteiger partial charge < -0.3 is 9.47 Å². The summed E-state index contributed by atoms with van der Waals surface area (Å²) in [5, 5.41) is 4.09. The Morgan fingerprint density at radius 1 is 1.32 bits per heavy atom. The Hall–Kier alpha value is -1.93. The van der Waals surface area contributed by atoms with E-state index in [2.05, 4.69) is 9.82 Å². The molecular weight excluding hydrogens is 330 g/mol. The molecule has 1 aliphatic rings. The minimum absolute atomic E-state index is 0.0670. The van der Waals surface area contributed by atoms with E-state index in [1.165, 1.54) is 18.3 Å². The maximum Gasteiger partial charge on any atom is 0.263 e. The molecule has 0 saturated carbocycles. The highest BCUT2D eigenvalue weighted by molar-refractivity contribution is 7.92. The van der Waals surface area contributed by atoms with Crippen molar-refractivity contribution in [3.63, 3.8) is 0 Å². The summed E-state index contributed by atoms with van der Waals surface area (Å²) in [6.07, 6.45) is 3.04. The third-order valence-electron chi connectivity index (χ3n) is 3.10. The first-order chi connectivity index (χ1) is 10.5. The molecule has 2 aromatic rings. The van der Waals surface area contributed by atoms with Crippen molar-refractivity contribution < 1.29 is 17.9 Å². The van der Waals surface area contributed by atoms with E-state index in [9.17, 15) is 8.42 Å². The van der Waals surface area contributed by atoms with Crippen molar-refractivity contribution in [2.75, 3.05) is 17.9 Å². The zero-order chi connectivity index (χ0) is 15.7. The summed E-state index contributed by atoms with van der Waals surface area (Å²) < 4.78 is 39.8. The van der Waals surface area contributed by atoms with Gasteiger partial charge in [-0.3, -0.25) is 9.40 Å². The third-order valence-corrected chi connectivity index (χ3v) is 4.94. The van der Waals surface area contributed by atoms with Crippen LogP contribution in [0.4, 0.5) is 5.69 Å². The van der Waals surface area contributed by atoms with Crippen molar-refractivity contribution in [1.29, 1.82) is 0 Å². The number of aryl methyl sites for hydroxylation is 1. The van der Waals surface area contributed by atoms with Crippen LogP contribution in [0.2, 0.25) is 5.02 Å². The van der Waals surface area contributed by atoms with Crippen molar-refractivity contribution in [3.05, 3.63) is 29.5 Å². The number of aromatic nitrogens is 2. The van der Waals surface area contributed by atoms with E-state index in [1.807, 2.05) is 6.92 Å². The first kappa shape index (κ1) is 15.0. The van der Waals surface area contributed by atoms with Crippen LogP contribution >= 0.6 is 11.6 Å². The molecule has 0 radical (unpaired) electrons. The normalized spacial score (nSPS) is 13.9. The van der Waals surface area contributed by atoms with Gasteiger partial charge >= 0.3 is 0 Å². The van der Waals surface area contributed by atoms with Gasteiger partial charge in [-0.25, -0.2) is 8.42 Å². The van der Waals surface area contributed by atoms with Crippen molar-refractivity contribution in [2.24, 2.45) is 0 Å². The molecule has 0 bridgehead atoms. The number of ether oxygens (including phenoxy) is 2. The quantitative estimate of drug-likeness (QED) is 0.919. The molecule has 1 aliphatic heterocycles. The Bertz CT molecular complexity index is 804. The second kappa shape index (κ2) is 5.69. The van der Waals surface area contributed by atoms with Gasteiger partial charge in [0.15, 0.2) is 11.5 Å². The lowest BCUT2D eigenvalue weighted by Gasteiger charge is -2.19. The van der Waals surface area contributed by atoms with Crippen LogP contribution in [-0.2, 0) is 16.6 Å².